The fourth-order valence-corrected chi connectivity index (χ4v) is 1.35. The van der Waals surface area contributed by atoms with E-state index in [1.165, 1.54) is 0 Å². The van der Waals surface area contributed by atoms with E-state index < -0.39 is 0 Å². The predicted octanol–water partition coefficient (Wildman–Crippen LogP) is 1.16. The maximum Gasteiger partial charge on any atom is 0.315 e. The van der Waals surface area contributed by atoms with Crippen LogP contribution in [0.5, 0.6) is 0 Å². The Balaban J connectivity index is 2.18. The molecule has 90 valence electrons. The van der Waals surface area contributed by atoms with E-state index >= 15 is 0 Å². The average Bonchev–Trinajstić information content (AvgIpc) is 2.70. The van der Waals surface area contributed by atoms with Gasteiger partial charge in [-0.1, -0.05) is 0 Å². The van der Waals surface area contributed by atoms with E-state index in [1.54, 1.807) is 19.6 Å². The first-order valence-electron chi connectivity index (χ1n) is 5.26. The second-order valence-electron chi connectivity index (χ2n) is 3.63. The molecule has 0 saturated carbocycles. The molecular formula is C11H18N2O3. The van der Waals surface area contributed by atoms with Crippen LogP contribution < -0.4 is 10.6 Å². The number of nitrogens with one attached hydrogen (secondary N) is 2. The van der Waals surface area contributed by atoms with Crippen molar-refractivity contribution in [2.45, 2.75) is 19.4 Å². The molecule has 0 saturated heterocycles. The van der Waals surface area contributed by atoms with Crippen molar-refractivity contribution >= 4 is 6.03 Å². The highest BCUT2D eigenvalue weighted by Gasteiger charge is 2.07. The summed E-state index contributed by atoms with van der Waals surface area (Å²) in [6.45, 7) is 2.98. The van der Waals surface area contributed by atoms with Gasteiger partial charge in [0, 0.05) is 19.7 Å². The highest BCUT2D eigenvalue weighted by molar-refractivity contribution is 5.74. The number of urea groups is 1. The van der Waals surface area contributed by atoms with Crippen LogP contribution in [0.2, 0.25) is 0 Å². The molecule has 0 aromatic carbocycles. The Bertz CT molecular complexity index is 298. The van der Waals surface area contributed by atoms with E-state index in [9.17, 15) is 4.79 Å². The molecule has 0 spiro atoms. The smallest absolute Gasteiger partial charge is 0.315 e. The van der Waals surface area contributed by atoms with Crippen LogP contribution in [-0.4, -0.2) is 32.3 Å². The van der Waals surface area contributed by atoms with Crippen molar-refractivity contribution in [1.29, 1.82) is 0 Å². The largest absolute Gasteiger partial charge is 0.472 e. The molecule has 0 bridgehead atoms. The van der Waals surface area contributed by atoms with Gasteiger partial charge < -0.3 is 19.8 Å². The van der Waals surface area contributed by atoms with Crippen LogP contribution in [0, 0.1) is 0 Å². The first-order chi connectivity index (χ1) is 7.72. The molecule has 0 radical (unpaired) electrons. The van der Waals surface area contributed by atoms with Gasteiger partial charge in [-0.2, -0.15) is 0 Å². The molecule has 0 unspecified atom stereocenters. The number of rotatable bonds is 6. The number of carbonyl (C=O) groups excluding carboxylic acids is 1. The Hall–Kier alpha value is -1.49. The van der Waals surface area contributed by atoms with Crippen molar-refractivity contribution in [3.05, 3.63) is 24.2 Å². The fourth-order valence-electron chi connectivity index (χ4n) is 1.35. The minimum atomic E-state index is -0.173. The molecule has 2 N–H and O–H groups in total. The second kappa shape index (κ2) is 6.90. The summed E-state index contributed by atoms with van der Waals surface area (Å²) in [5.74, 6) is 0. The van der Waals surface area contributed by atoms with Crippen LogP contribution in [0.25, 0.3) is 0 Å². The molecule has 1 rings (SSSR count). The van der Waals surface area contributed by atoms with Crippen molar-refractivity contribution in [3.63, 3.8) is 0 Å². The maximum absolute atomic E-state index is 11.4. The molecule has 1 heterocycles. The van der Waals surface area contributed by atoms with Gasteiger partial charge in [0.05, 0.1) is 19.1 Å². The number of amides is 2. The Morgan fingerprint density at radius 1 is 1.62 bits per heavy atom. The Morgan fingerprint density at radius 3 is 3.06 bits per heavy atom. The lowest BCUT2D eigenvalue weighted by Crippen LogP contribution is -2.42. The van der Waals surface area contributed by atoms with Gasteiger partial charge in [0.25, 0.3) is 0 Å². The Kier molecular flexibility index (Phi) is 5.42. The number of methoxy groups -OCH3 is 1. The summed E-state index contributed by atoms with van der Waals surface area (Å²) < 4.78 is 9.78. The van der Waals surface area contributed by atoms with Gasteiger partial charge in [0.15, 0.2) is 0 Å². The predicted molar refractivity (Wildman–Crippen MR) is 60.3 cm³/mol. The first-order valence-corrected chi connectivity index (χ1v) is 5.26. The molecule has 2 amide bonds. The van der Waals surface area contributed by atoms with Crippen LogP contribution in [0.3, 0.4) is 0 Å². The van der Waals surface area contributed by atoms with E-state index in [1.807, 2.05) is 13.0 Å². The monoisotopic (exact) mass is 226 g/mol. The molecule has 1 aromatic heterocycles. The Labute approximate surface area is 95.2 Å². The lowest BCUT2D eigenvalue weighted by molar-refractivity contribution is 0.195. The van der Waals surface area contributed by atoms with E-state index in [-0.39, 0.29) is 12.1 Å². The summed E-state index contributed by atoms with van der Waals surface area (Å²) in [6.07, 6.45) is 4.07. The zero-order chi connectivity index (χ0) is 11.8. The standard InChI is InChI=1S/C11H18N2O3/c1-9(7-10-3-5-16-8-10)13-11(14)12-4-6-15-2/h3,5,8-9H,4,6-7H2,1-2H3,(H2,12,13,14)/t9-/m1/s1. The summed E-state index contributed by atoms with van der Waals surface area (Å²) >= 11 is 0. The molecule has 5 heteroatoms. The second-order valence-corrected chi connectivity index (χ2v) is 3.63. The molecule has 1 aromatic rings. The summed E-state index contributed by atoms with van der Waals surface area (Å²) in [4.78, 5) is 11.4. The van der Waals surface area contributed by atoms with Crippen LogP contribution in [0.15, 0.2) is 23.0 Å². The van der Waals surface area contributed by atoms with Crippen molar-refractivity contribution < 1.29 is 13.9 Å². The van der Waals surface area contributed by atoms with Crippen molar-refractivity contribution in [1.82, 2.24) is 10.6 Å². The van der Waals surface area contributed by atoms with E-state index in [2.05, 4.69) is 10.6 Å². The third kappa shape index (κ3) is 4.84. The van der Waals surface area contributed by atoms with Gasteiger partial charge in [-0.15, -0.1) is 0 Å². The number of ether oxygens (including phenoxy) is 1. The first kappa shape index (κ1) is 12.6. The van der Waals surface area contributed by atoms with Crippen LogP contribution >= 0.6 is 0 Å². The fraction of sp³-hybridized carbons (Fsp3) is 0.545. The van der Waals surface area contributed by atoms with Crippen LogP contribution in [0.4, 0.5) is 4.79 Å². The molecule has 1 atom stereocenters. The summed E-state index contributed by atoms with van der Waals surface area (Å²) in [6, 6.07) is 1.79. The van der Waals surface area contributed by atoms with E-state index in [4.69, 9.17) is 9.15 Å². The van der Waals surface area contributed by atoms with Crippen molar-refractivity contribution in [3.8, 4) is 0 Å². The van der Waals surface area contributed by atoms with Gasteiger partial charge in [0.2, 0.25) is 0 Å². The molecule has 5 nitrogen and oxygen atoms in total. The lowest BCUT2D eigenvalue weighted by Gasteiger charge is -2.13. The number of furan rings is 1. The highest BCUT2D eigenvalue weighted by atomic mass is 16.5. The summed E-state index contributed by atoms with van der Waals surface area (Å²) in [5.41, 5.74) is 1.07. The minimum Gasteiger partial charge on any atom is -0.472 e. The number of carbonyl (C=O) groups is 1. The maximum atomic E-state index is 11.4. The van der Waals surface area contributed by atoms with Gasteiger partial charge in [-0.3, -0.25) is 0 Å². The zero-order valence-corrected chi connectivity index (χ0v) is 9.66. The molecule has 0 aliphatic rings. The highest BCUT2D eigenvalue weighted by Crippen LogP contribution is 2.03. The normalized spacial score (nSPS) is 12.1. The Morgan fingerprint density at radius 2 is 2.44 bits per heavy atom. The summed E-state index contributed by atoms with van der Waals surface area (Å²) in [5, 5.41) is 5.53. The minimum absolute atomic E-state index is 0.0696. The number of hydrogen-bond acceptors (Lipinski definition) is 3. The molecule has 0 fully saturated rings. The molecule has 0 aliphatic heterocycles. The quantitative estimate of drug-likeness (QED) is 0.715. The van der Waals surface area contributed by atoms with Crippen molar-refractivity contribution in [2.24, 2.45) is 0 Å². The van der Waals surface area contributed by atoms with E-state index in [0.717, 1.165) is 12.0 Å². The average molecular weight is 226 g/mol. The van der Waals surface area contributed by atoms with Gasteiger partial charge in [0.1, 0.15) is 0 Å². The van der Waals surface area contributed by atoms with Crippen LogP contribution in [-0.2, 0) is 11.2 Å². The van der Waals surface area contributed by atoms with Gasteiger partial charge in [-0.05, 0) is 25.0 Å². The molecular weight excluding hydrogens is 208 g/mol. The third-order valence-electron chi connectivity index (χ3n) is 2.09. The van der Waals surface area contributed by atoms with Crippen molar-refractivity contribution in [2.75, 3.05) is 20.3 Å². The van der Waals surface area contributed by atoms with E-state index in [0.29, 0.717) is 13.2 Å². The third-order valence-corrected chi connectivity index (χ3v) is 2.09. The topological polar surface area (TPSA) is 63.5 Å². The molecule has 0 aliphatic carbocycles. The van der Waals surface area contributed by atoms with Crippen LogP contribution in [0.1, 0.15) is 12.5 Å². The van der Waals surface area contributed by atoms with Gasteiger partial charge in [-0.25, -0.2) is 4.79 Å². The van der Waals surface area contributed by atoms with Gasteiger partial charge >= 0.3 is 6.03 Å². The molecule has 16 heavy (non-hydrogen) atoms. The lowest BCUT2D eigenvalue weighted by atomic mass is 10.1. The summed E-state index contributed by atoms with van der Waals surface area (Å²) in [7, 11) is 1.60. The zero-order valence-electron chi connectivity index (χ0n) is 9.66. The SMILES string of the molecule is COCCNC(=O)N[C@H](C)Cc1ccoc1. The number of hydrogen-bond donors (Lipinski definition) is 2.